The molecular formula is C19H31NO3. The molecule has 0 aromatic heterocycles. The van der Waals surface area contributed by atoms with Gasteiger partial charge in [-0.15, -0.1) is 0 Å². The largest absolute Gasteiger partial charge is 0.490 e. The number of hydrogen-bond donors (Lipinski definition) is 2. The summed E-state index contributed by atoms with van der Waals surface area (Å²) in [6.07, 6.45) is 4.49. The van der Waals surface area contributed by atoms with Crippen LogP contribution in [-0.4, -0.2) is 31.5 Å². The van der Waals surface area contributed by atoms with Crippen molar-refractivity contribution < 1.29 is 14.6 Å². The third kappa shape index (κ3) is 4.61. The number of ether oxygens (including phenoxy) is 2. The van der Waals surface area contributed by atoms with Crippen molar-refractivity contribution in [2.45, 2.75) is 45.4 Å². The SMILES string of the molecule is CCOc1ccc(C(CN)C2CCC(CO)CC2)cc1OCC. The molecule has 0 spiro atoms. The maximum absolute atomic E-state index is 9.31. The zero-order valence-electron chi connectivity index (χ0n) is 14.5. The number of aliphatic hydroxyl groups is 1. The second-order valence-electron chi connectivity index (χ2n) is 6.38. The Morgan fingerprint density at radius 3 is 2.30 bits per heavy atom. The lowest BCUT2D eigenvalue weighted by atomic mass is 9.73. The molecule has 1 unspecified atom stereocenters. The number of nitrogens with two attached hydrogens (primary N) is 1. The van der Waals surface area contributed by atoms with Gasteiger partial charge in [0.25, 0.3) is 0 Å². The average molecular weight is 321 g/mol. The third-order valence-electron chi connectivity index (χ3n) is 4.97. The van der Waals surface area contributed by atoms with Gasteiger partial charge in [0.05, 0.1) is 13.2 Å². The Labute approximate surface area is 140 Å². The molecular weight excluding hydrogens is 290 g/mol. The second-order valence-corrected chi connectivity index (χ2v) is 6.38. The molecule has 2 rings (SSSR count). The summed E-state index contributed by atoms with van der Waals surface area (Å²) in [5.74, 6) is 3.04. The molecule has 1 aliphatic rings. The van der Waals surface area contributed by atoms with Crippen molar-refractivity contribution in [3.63, 3.8) is 0 Å². The van der Waals surface area contributed by atoms with Crippen LogP contribution in [0.2, 0.25) is 0 Å². The van der Waals surface area contributed by atoms with Crippen LogP contribution in [-0.2, 0) is 0 Å². The smallest absolute Gasteiger partial charge is 0.161 e. The first-order valence-electron chi connectivity index (χ1n) is 8.93. The van der Waals surface area contributed by atoms with Gasteiger partial charge in [-0.05, 0) is 81.5 Å². The molecule has 3 N–H and O–H groups in total. The van der Waals surface area contributed by atoms with Gasteiger partial charge < -0.3 is 20.3 Å². The molecule has 1 aliphatic carbocycles. The summed E-state index contributed by atoms with van der Waals surface area (Å²) in [5, 5.41) is 9.31. The zero-order valence-corrected chi connectivity index (χ0v) is 14.5. The molecule has 23 heavy (non-hydrogen) atoms. The fraction of sp³-hybridized carbons (Fsp3) is 0.684. The molecule has 0 saturated heterocycles. The Morgan fingerprint density at radius 1 is 1.09 bits per heavy atom. The summed E-state index contributed by atoms with van der Waals surface area (Å²) >= 11 is 0. The van der Waals surface area contributed by atoms with Crippen molar-refractivity contribution in [1.29, 1.82) is 0 Å². The minimum atomic E-state index is 0.317. The van der Waals surface area contributed by atoms with Crippen molar-refractivity contribution in [1.82, 2.24) is 0 Å². The molecule has 4 heteroatoms. The first-order valence-corrected chi connectivity index (χ1v) is 8.93. The van der Waals surface area contributed by atoms with E-state index in [0.717, 1.165) is 37.2 Å². The van der Waals surface area contributed by atoms with Crippen LogP contribution < -0.4 is 15.2 Å². The van der Waals surface area contributed by atoms with Gasteiger partial charge in [-0.25, -0.2) is 0 Å². The lowest BCUT2D eigenvalue weighted by Gasteiger charge is -2.33. The standard InChI is InChI=1S/C19H31NO3/c1-3-22-18-10-9-16(11-19(18)23-4-2)17(12-20)15-7-5-14(13-21)6-8-15/h9-11,14-15,17,21H,3-8,12-13,20H2,1-2H3. The molecule has 4 nitrogen and oxygen atoms in total. The van der Waals surface area contributed by atoms with E-state index < -0.39 is 0 Å². The van der Waals surface area contributed by atoms with Crippen LogP contribution in [0.1, 0.15) is 51.0 Å². The van der Waals surface area contributed by atoms with Gasteiger partial charge in [-0.3, -0.25) is 0 Å². The van der Waals surface area contributed by atoms with Crippen LogP contribution >= 0.6 is 0 Å². The summed E-state index contributed by atoms with van der Waals surface area (Å²) in [5.41, 5.74) is 7.34. The first kappa shape index (κ1) is 18.1. The summed E-state index contributed by atoms with van der Waals surface area (Å²) in [7, 11) is 0. The van der Waals surface area contributed by atoms with E-state index in [1.165, 1.54) is 5.56 Å². The number of aliphatic hydroxyl groups excluding tert-OH is 1. The van der Waals surface area contributed by atoms with Gasteiger partial charge in [0.15, 0.2) is 11.5 Å². The van der Waals surface area contributed by atoms with Gasteiger partial charge in [-0.2, -0.15) is 0 Å². The summed E-state index contributed by atoms with van der Waals surface area (Å²) in [4.78, 5) is 0. The summed E-state index contributed by atoms with van der Waals surface area (Å²) in [6.45, 7) is 6.18. The van der Waals surface area contributed by atoms with Crippen LogP contribution in [0.3, 0.4) is 0 Å². The quantitative estimate of drug-likeness (QED) is 0.771. The minimum Gasteiger partial charge on any atom is -0.490 e. The van der Waals surface area contributed by atoms with E-state index in [1.54, 1.807) is 0 Å². The minimum absolute atomic E-state index is 0.317. The molecule has 1 fully saturated rings. The van der Waals surface area contributed by atoms with E-state index in [2.05, 4.69) is 12.1 Å². The number of rotatable bonds is 8. The van der Waals surface area contributed by atoms with Gasteiger partial charge >= 0.3 is 0 Å². The highest BCUT2D eigenvalue weighted by atomic mass is 16.5. The molecule has 0 heterocycles. The third-order valence-corrected chi connectivity index (χ3v) is 4.97. The molecule has 0 bridgehead atoms. The number of hydrogen-bond acceptors (Lipinski definition) is 4. The van der Waals surface area contributed by atoms with Crippen LogP contribution in [0.4, 0.5) is 0 Å². The molecule has 0 radical (unpaired) electrons. The van der Waals surface area contributed by atoms with Crippen molar-refractivity contribution in [2.75, 3.05) is 26.4 Å². The van der Waals surface area contributed by atoms with E-state index >= 15 is 0 Å². The van der Waals surface area contributed by atoms with E-state index in [4.69, 9.17) is 15.2 Å². The highest BCUT2D eigenvalue weighted by Crippen LogP contribution is 2.40. The molecule has 130 valence electrons. The Kier molecular flexibility index (Phi) is 7.18. The van der Waals surface area contributed by atoms with Crippen molar-refractivity contribution in [3.8, 4) is 11.5 Å². The van der Waals surface area contributed by atoms with Gasteiger partial charge in [0.1, 0.15) is 0 Å². The molecule has 1 aromatic carbocycles. The number of benzene rings is 1. The maximum atomic E-state index is 9.31. The summed E-state index contributed by atoms with van der Waals surface area (Å²) in [6, 6.07) is 6.24. The fourth-order valence-corrected chi connectivity index (χ4v) is 3.67. The van der Waals surface area contributed by atoms with Gasteiger partial charge in [0.2, 0.25) is 0 Å². The van der Waals surface area contributed by atoms with Crippen LogP contribution in [0.5, 0.6) is 11.5 Å². The Hall–Kier alpha value is -1.26. The highest BCUT2D eigenvalue weighted by Gasteiger charge is 2.28. The van der Waals surface area contributed by atoms with Crippen LogP contribution in [0, 0.1) is 11.8 Å². The predicted molar refractivity (Wildman–Crippen MR) is 93.1 cm³/mol. The van der Waals surface area contributed by atoms with E-state index in [0.29, 0.717) is 44.1 Å². The molecule has 1 atom stereocenters. The molecule has 0 aliphatic heterocycles. The lowest BCUT2D eigenvalue weighted by molar-refractivity contribution is 0.158. The fourth-order valence-electron chi connectivity index (χ4n) is 3.67. The van der Waals surface area contributed by atoms with Gasteiger partial charge in [-0.1, -0.05) is 6.07 Å². The van der Waals surface area contributed by atoms with Gasteiger partial charge in [0, 0.05) is 6.61 Å². The molecule has 1 saturated carbocycles. The van der Waals surface area contributed by atoms with Crippen LogP contribution in [0.15, 0.2) is 18.2 Å². The Bertz CT molecular complexity index is 470. The Morgan fingerprint density at radius 2 is 1.74 bits per heavy atom. The normalized spacial score (nSPS) is 22.6. The second kappa shape index (κ2) is 9.14. The summed E-state index contributed by atoms with van der Waals surface area (Å²) < 4.78 is 11.4. The molecule has 1 aromatic rings. The first-order chi connectivity index (χ1) is 11.2. The molecule has 0 amide bonds. The average Bonchev–Trinajstić information content (AvgIpc) is 2.59. The van der Waals surface area contributed by atoms with Crippen LogP contribution in [0.25, 0.3) is 0 Å². The van der Waals surface area contributed by atoms with E-state index in [9.17, 15) is 5.11 Å². The Balaban J connectivity index is 2.15. The van der Waals surface area contributed by atoms with E-state index in [-0.39, 0.29) is 0 Å². The lowest BCUT2D eigenvalue weighted by Crippen LogP contribution is -2.26. The van der Waals surface area contributed by atoms with Crippen molar-refractivity contribution in [3.05, 3.63) is 23.8 Å². The maximum Gasteiger partial charge on any atom is 0.161 e. The zero-order chi connectivity index (χ0) is 16.7. The monoisotopic (exact) mass is 321 g/mol. The van der Waals surface area contributed by atoms with Crippen molar-refractivity contribution in [2.24, 2.45) is 17.6 Å². The van der Waals surface area contributed by atoms with E-state index in [1.807, 2.05) is 19.9 Å². The van der Waals surface area contributed by atoms with Crippen molar-refractivity contribution >= 4 is 0 Å². The highest BCUT2D eigenvalue weighted by molar-refractivity contribution is 5.44. The predicted octanol–water partition coefficient (Wildman–Crippen LogP) is 3.33. The topological polar surface area (TPSA) is 64.7 Å².